The van der Waals surface area contributed by atoms with E-state index in [-0.39, 0.29) is 11.5 Å². The summed E-state index contributed by atoms with van der Waals surface area (Å²) in [5.74, 6) is -0.291. The first-order valence-corrected chi connectivity index (χ1v) is 6.92. The van der Waals surface area contributed by atoms with Crippen LogP contribution in [0.1, 0.15) is 31.2 Å². The van der Waals surface area contributed by atoms with Gasteiger partial charge in [-0.05, 0) is 29.7 Å². The fraction of sp³-hybridized carbons (Fsp3) is 0.267. The molecule has 0 spiro atoms. The van der Waals surface area contributed by atoms with Gasteiger partial charge < -0.3 is 4.74 Å². The molecule has 23 heavy (non-hydrogen) atoms. The Morgan fingerprint density at radius 1 is 1.00 bits per heavy atom. The molecule has 0 atom stereocenters. The molecule has 0 aliphatic carbocycles. The Hall–Kier alpha value is -2.64. The van der Waals surface area contributed by atoms with Gasteiger partial charge in [-0.15, -0.1) is 15.3 Å². The molecule has 3 aromatic rings. The molecule has 0 amide bonds. The number of rotatable bonds is 3. The van der Waals surface area contributed by atoms with Crippen LogP contribution >= 0.6 is 0 Å². The van der Waals surface area contributed by atoms with Gasteiger partial charge in [-0.1, -0.05) is 26.0 Å². The largest absolute Gasteiger partial charge is 0.453 e. The second-order valence-corrected chi connectivity index (χ2v) is 5.29. The molecule has 0 aliphatic rings. The van der Waals surface area contributed by atoms with Crippen LogP contribution in [0.5, 0.6) is 11.6 Å². The topological polar surface area (TPSA) is 52.3 Å². The second-order valence-electron chi connectivity index (χ2n) is 5.29. The van der Waals surface area contributed by atoms with Crippen LogP contribution < -0.4 is 4.74 Å². The summed E-state index contributed by atoms with van der Waals surface area (Å²) < 4.78 is 44.6. The summed E-state index contributed by atoms with van der Waals surface area (Å²) in [5, 5.41) is 10.4. The highest BCUT2D eigenvalue weighted by Crippen LogP contribution is 2.28. The van der Waals surface area contributed by atoms with Gasteiger partial charge in [-0.3, -0.25) is 0 Å². The summed E-state index contributed by atoms with van der Waals surface area (Å²) in [6, 6.07) is 10.1. The molecule has 0 radical (unpaired) electrons. The maximum absolute atomic E-state index is 12.8. The molecule has 3 rings (SSSR count). The van der Waals surface area contributed by atoms with Crippen molar-refractivity contribution >= 4 is 5.65 Å². The molecule has 0 aliphatic heterocycles. The average Bonchev–Trinajstić information content (AvgIpc) is 2.91. The molecule has 2 heterocycles. The fourth-order valence-corrected chi connectivity index (χ4v) is 2.04. The van der Waals surface area contributed by atoms with Gasteiger partial charge in [0.25, 0.3) is 5.82 Å². The molecule has 1 aromatic carbocycles. The normalized spacial score (nSPS) is 12.1. The predicted octanol–water partition coefficient (Wildman–Crippen LogP) is 4.06. The van der Waals surface area contributed by atoms with Gasteiger partial charge in [0.15, 0.2) is 5.65 Å². The third-order valence-corrected chi connectivity index (χ3v) is 3.26. The lowest BCUT2D eigenvalue weighted by molar-refractivity contribution is -0.146. The van der Waals surface area contributed by atoms with E-state index in [2.05, 4.69) is 29.1 Å². The van der Waals surface area contributed by atoms with Crippen molar-refractivity contribution in [2.45, 2.75) is 25.9 Å². The van der Waals surface area contributed by atoms with Crippen molar-refractivity contribution < 1.29 is 17.9 Å². The highest BCUT2D eigenvalue weighted by molar-refractivity contribution is 5.39. The number of ether oxygens (including phenoxy) is 1. The third kappa shape index (κ3) is 3.10. The molecule has 0 unspecified atom stereocenters. The van der Waals surface area contributed by atoms with Gasteiger partial charge in [0.05, 0.1) is 0 Å². The lowest BCUT2D eigenvalue weighted by Gasteiger charge is -2.08. The van der Waals surface area contributed by atoms with E-state index in [1.807, 2.05) is 12.1 Å². The minimum Gasteiger partial charge on any atom is -0.438 e. The molecule has 0 fully saturated rings. The van der Waals surface area contributed by atoms with Gasteiger partial charge in [0.1, 0.15) is 5.75 Å². The number of halogens is 3. The number of fused-ring (bicyclic) bond motifs is 1. The Labute approximate surface area is 129 Å². The Bertz CT molecular complexity index is 825. The molecule has 5 nitrogen and oxygen atoms in total. The van der Waals surface area contributed by atoms with Crippen molar-refractivity contribution in [3.8, 4) is 11.6 Å². The van der Waals surface area contributed by atoms with Gasteiger partial charge in [-0.2, -0.15) is 17.7 Å². The maximum Gasteiger partial charge on any atom is 0.453 e. The molecular weight excluding hydrogens is 309 g/mol. The zero-order chi connectivity index (χ0) is 16.6. The van der Waals surface area contributed by atoms with E-state index in [0.29, 0.717) is 16.2 Å². The quantitative estimate of drug-likeness (QED) is 0.730. The summed E-state index contributed by atoms with van der Waals surface area (Å²) in [7, 11) is 0. The second kappa shape index (κ2) is 5.53. The molecule has 8 heteroatoms. The molecule has 0 saturated heterocycles. The van der Waals surface area contributed by atoms with Crippen LogP contribution in [0.15, 0.2) is 36.4 Å². The van der Waals surface area contributed by atoms with E-state index in [1.54, 1.807) is 12.1 Å². The van der Waals surface area contributed by atoms with Crippen molar-refractivity contribution in [1.29, 1.82) is 0 Å². The summed E-state index contributed by atoms with van der Waals surface area (Å²) in [4.78, 5) is 0. The van der Waals surface area contributed by atoms with E-state index >= 15 is 0 Å². The number of nitrogens with zero attached hydrogens (tertiary/aromatic N) is 4. The maximum atomic E-state index is 12.8. The zero-order valence-electron chi connectivity index (χ0n) is 12.4. The Kier molecular flexibility index (Phi) is 3.67. The molecule has 0 saturated carbocycles. The van der Waals surface area contributed by atoms with Crippen molar-refractivity contribution in [3.63, 3.8) is 0 Å². The van der Waals surface area contributed by atoms with Crippen molar-refractivity contribution in [2.24, 2.45) is 0 Å². The van der Waals surface area contributed by atoms with Crippen LogP contribution in [0.2, 0.25) is 0 Å². The van der Waals surface area contributed by atoms with Crippen LogP contribution in [0, 0.1) is 0 Å². The van der Waals surface area contributed by atoms with Crippen molar-refractivity contribution in [1.82, 2.24) is 19.8 Å². The zero-order valence-corrected chi connectivity index (χ0v) is 12.4. The molecule has 0 bridgehead atoms. The number of benzene rings is 1. The summed E-state index contributed by atoms with van der Waals surface area (Å²) in [6.45, 7) is 4.13. The Morgan fingerprint density at radius 2 is 1.70 bits per heavy atom. The van der Waals surface area contributed by atoms with Crippen molar-refractivity contribution in [3.05, 3.63) is 47.8 Å². The average molecular weight is 322 g/mol. The molecule has 0 N–H and O–H groups in total. The van der Waals surface area contributed by atoms with E-state index in [0.717, 1.165) is 5.56 Å². The minimum atomic E-state index is -4.63. The third-order valence-electron chi connectivity index (χ3n) is 3.26. The number of aromatic nitrogens is 4. The first-order valence-electron chi connectivity index (χ1n) is 6.92. The summed E-state index contributed by atoms with van der Waals surface area (Å²) in [5.41, 5.74) is 1.14. The Morgan fingerprint density at radius 3 is 2.30 bits per heavy atom. The molecule has 120 valence electrons. The molecule has 2 aromatic heterocycles. The fourth-order valence-electron chi connectivity index (χ4n) is 2.04. The van der Waals surface area contributed by atoms with Gasteiger partial charge in [-0.25, -0.2) is 0 Å². The van der Waals surface area contributed by atoms with Crippen molar-refractivity contribution in [2.75, 3.05) is 0 Å². The standard InChI is InChI=1S/C15H13F3N4O/c1-9(2)10-3-5-11(6-4-10)23-13-8-7-12-19-20-14(15(16,17)18)22(12)21-13/h3-9H,1-2H3. The van der Waals surface area contributed by atoms with Crippen LogP contribution in [0.3, 0.4) is 0 Å². The first kappa shape index (κ1) is 15.3. The summed E-state index contributed by atoms with van der Waals surface area (Å²) in [6.07, 6.45) is -4.63. The van der Waals surface area contributed by atoms with Crippen LogP contribution in [-0.4, -0.2) is 19.8 Å². The minimum absolute atomic E-state index is 0.000157. The van der Waals surface area contributed by atoms with E-state index < -0.39 is 12.0 Å². The van der Waals surface area contributed by atoms with Crippen LogP contribution in [0.25, 0.3) is 5.65 Å². The highest BCUT2D eigenvalue weighted by atomic mass is 19.4. The van der Waals surface area contributed by atoms with Gasteiger partial charge in [0, 0.05) is 6.07 Å². The smallest absolute Gasteiger partial charge is 0.438 e. The van der Waals surface area contributed by atoms with E-state index in [4.69, 9.17) is 4.74 Å². The van der Waals surface area contributed by atoms with Gasteiger partial charge >= 0.3 is 6.18 Å². The highest BCUT2D eigenvalue weighted by Gasteiger charge is 2.37. The van der Waals surface area contributed by atoms with Gasteiger partial charge in [0.2, 0.25) is 5.88 Å². The van der Waals surface area contributed by atoms with E-state index in [1.165, 1.54) is 12.1 Å². The number of hydrogen-bond acceptors (Lipinski definition) is 4. The SMILES string of the molecule is CC(C)c1ccc(Oc2ccc3nnc(C(F)(F)F)n3n2)cc1. The first-order chi connectivity index (χ1) is 10.8. The monoisotopic (exact) mass is 322 g/mol. The Balaban J connectivity index is 1.91. The number of hydrogen-bond donors (Lipinski definition) is 0. The predicted molar refractivity (Wildman–Crippen MR) is 76.4 cm³/mol. The molecular formula is C15H13F3N4O. The number of alkyl halides is 3. The summed E-state index contributed by atoms with van der Waals surface area (Å²) >= 11 is 0. The lowest BCUT2D eigenvalue weighted by Crippen LogP contribution is -2.12. The van der Waals surface area contributed by atoms with Crippen LogP contribution in [0.4, 0.5) is 13.2 Å². The van der Waals surface area contributed by atoms with E-state index in [9.17, 15) is 13.2 Å². The lowest BCUT2D eigenvalue weighted by atomic mass is 10.0. The van der Waals surface area contributed by atoms with Crippen LogP contribution in [-0.2, 0) is 6.18 Å².